The highest BCUT2D eigenvalue weighted by Crippen LogP contribution is 2.32. The van der Waals surface area contributed by atoms with Crippen molar-refractivity contribution >= 4 is 52.1 Å². The van der Waals surface area contributed by atoms with Crippen LogP contribution < -0.4 is 26.6 Å². The largest absolute Gasteiger partial charge is 0.482 e. The number of amides is 1. The number of hydrazine groups is 1. The van der Waals surface area contributed by atoms with Crippen LogP contribution in [0.5, 0.6) is 5.75 Å². The third kappa shape index (κ3) is 6.05. The van der Waals surface area contributed by atoms with Crippen molar-refractivity contribution in [2.75, 3.05) is 23.1 Å². The van der Waals surface area contributed by atoms with Gasteiger partial charge >= 0.3 is 6.18 Å². The molecule has 0 aliphatic rings. The summed E-state index contributed by atoms with van der Waals surface area (Å²) in [5.41, 5.74) is 10.0. The number of aromatic nitrogens is 2. The zero-order chi connectivity index (χ0) is 23.3. The number of alkyl halides is 3. The number of anilines is 4. The zero-order valence-corrected chi connectivity index (χ0v) is 17.5. The van der Waals surface area contributed by atoms with Gasteiger partial charge in [0, 0.05) is 10.7 Å². The number of hydrogen-bond acceptors (Lipinski definition) is 7. The lowest BCUT2D eigenvalue weighted by molar-refractivity contribution is -0.137. The van der Waals surface area contributed by atoms with Gasteiger partial charge in [0.1, 0.15) is 17.8 Å². The second kappa shape index (κ2) is 9.79. The molecule has 3 rings (SSSR count). The monoisotopic (exact) mass is 486 g/mol. The van der Waals surface area contributed by atoms with Gasteiger partial charge in [-0.15, -0.1) is 0 Å². The third-order valence-corrected chi connectivity index (χ3v) is 4.44. The van der Waals surface area contributed by atoms with Gasteiger partial charge in [-0.2, -0.15) is 13.2 Å². The number of ether oxygens (including phenoxy) is 1. The van der Waals surface area contributed by atoms with Gasteiger partial charge in [0.15, 0.2) is 18.2 Å². The second-order valence-electron chi connectivity index (χ2n) is 6.22. The molecule has 2 aromatic carbocycles. The average Bonchev–Trinajstić information content (AvgIpc) is 2.73. The Hall–Kier alpha value is -3.44. The lowest BCUT2D eigenvalue weighted by Gasteiger charge is -2.14. The van der Waals surface area contributed by atoms with Crippen molar-refractivity contribution in [2.45, 2.75) is 6.18 Å². The van der Waals surface area contributed by atoms with E-state index in [1.54, 1.807) is 6.07 Å². The van der Waals surface area contributed by atoms with Crippen LogP contribution in [0.15, 0.2) is 48.8 Å². The van der Waals surface area contributed by atoms with Crippen LogP contribution in [-0.4, -0.2) is 22.5 Å². The summed E-state index contributed by atoms with van der Waals surface area (Å²) in [6.07, 6.45) is -3.38. The highest BCUT2D eigenvalue weighted by Gasteiger charge is 2.30. The normalized spacial score (nSPS) is 11.0. The summed E-state index contributed by atoms with van der Waals surface area (Å²) in [4.78, 5) is 19.8. The number of benzene rings is 2. The molecule has 1 amide bonds. The summed E-state index contributed by atoms with van der Waals surface area (Å²) in [6, 6.07) is 9.06. The summed E-state index contributed by atoms with van der Waals surface area (Å²) in [5.74, 6) is -0.255. The first-order chi connectivity index (χ1) is 15.1. The van der Waals surface area contributed by atoms with Crippen molar-refractivity contribution in [2.24, 2.45) is 0 Å². The number of hydrogen-bond donors (Lipinski definition) is 4. The van der Waals surface area contributed by atoms with Crippen LogP contribution >= 0.6 is 23.2 Å². The Morgan fingerprint density at radius 2 is 1.84 bits per heavy atom. The summed E-state index contributed by atoms with van der Waals surface area (Å²) in [5, 5.41) is 3.35. The van der Waals surface area contributed by atoms with Gasteiger partial charge in [0.2, 0.25) is 0 Å². The number of carbonyl (C=O) groups is 1. The van der Waals surface area contributed by atoms with Crippen LogP contribution in [0.2, 0.25) is 10.0 Å². The Balaban J connectivity index is 1.61. The maximum atomic E-state index is 12.9. The highest BCUT2D eigenvalue weighted by molar-refractivity contribution is 6.35. The van der Waals surface area contributed by atoms with Crippen LogP contribution in [0.25, 0.3) is 0 Å². The molecule has 1 aromatic heterocycles. The Morgan fingerprint density at radius 1 is 1.09 bits per heavy atom. The molecule has 3 aromatic rings. The highest BCUT2D eigenvalue weighted by atomic mass is 35.5. The van der Waals surface area contributed by atoms with Crippen LogP contribution in [0.3, 0.4) is 0 Å². The molecule has 1 heterocycles. The van der Waals surface area contributed by atoms with Crippen LogP contribution in [0.4, 0.5) is 36.2 Å². The Kier molecular flexibility index (Phi) is 7.11. The number of carbonyl (C=O) groups excluding carboxylic acids is 1. The van der Waals surface area contributed by atoms with Crippen molar-refractivity contribution < 1.29 is 22.7 Å². The minimum Gasteiger partial charge on any atom is -0.482 e. The van der Waals surface area contributed by atoms with Gasteiger partial charge in [-0.25, -0.2) is 9.97 Å². The van der Waals surface area contributed by atoms with E-state index in [0.29, 0.717) is 5.02 Å². The van der Waals surface area contributed by atoms with E-state index in [4.69, 9.17) is 33.7 Å². The van der Waals surface area contributed by atoms with E-state index in [0.717, 1.165) is 18.5 Å². The standard InChI is InChI=1S/C19H15Cl2F3N6O2/c20-11-4-5-14(13(21)7-11)32-8-15(31)29-30-18-16(25)17(26-9-27-18)28-12-3-1-2-10(6-12)19(22,23)24/h1-7,9H,8,25H2,(H,29,31)(H2,26,27,28,30). The first-order valence-corrected chi connectivity index (χ1v) is 9.56. The first kappa shape index (κ1) is 23.2. The number of nitrogen functional groups attached to an aromatic ring is 1. The fraction of sp³-hybridized carbons (Fsp3) is 0.105. The van der Waals surface area contributed by atoms with E-state index < -0.39 is 17.6 Å². The molecule has 0 aliphatic heterocycles. The fourth-order valence-electron chi connectivity index (χ4n) is 2.41. The number of nitrogens with zero attached hydrogens (tertiary/aromatic N) is 2. The molecule has 8 nitrogen and oxygen atoms in total. The van der Waals surface area contributed by atoms with E-state index in [2.05, 4.69) is 26.1 Å². The zero-order valence-electron chi connectivity index (χ0n) is 16.0. The lowest BCUT2D eigenvalue weighted by Crippen LogP contribution is -2.34. The van der Waals surface area contributed by atoms with Crippen molar-refractivity contribution in [3.8, 4) is 5.75 Å². The number of nitrogens with one attached hydrogen (secondary N) is 3. The number of halogens is 5. The number of rotatable bonds is 7. The summed E-state index contributed by atoms with van der Waals surface area (Å²) in [7, 11) is 0. The second-order valence-corrected chi connectivity index (χ2v) is 7.07. The molecule has 13 heteroatoms. The van der Waals surface area contributed by atoms with Gasteiger partial charge in [-0.3, -0.25) is 15.6 Å². The van der Waals surface area contributed by atoms with Gasteiger partial charge < -0.3 is 15.8 Å². The molecule has 0 bridgehead atoms. The maximum absolute atomic E-state index is 12.9. The molecule has 0 saturated carbocycles. The molecule has 0 unspecified atom stereocenters. The topological polar surface area (TPSA) is 114 Å². The molecule has 0 atom stereocenters. The molecule has 0 spiro atoms. The van der Waals surface area contributed by atoms with Crippen LogP contribution in [-0.2, 0) is 11.0 Å². The molecule has 32 heavy (non-hydrogen) atoms. The molecule has 5 N–H and O–H groups in total. The Labute approximate surface area is 189 Å². The van der Waals surface area contributed by atoms with Crippen molar-refractivity contribution in [3.05, 3.63) is 64.4 Å². The minimum atomic E-state index is -4.50. The molecule has 0 saturated heterocycles. The third-order valence-electron chi connectivity index (χ3n) is 3.91. The van der Waals surface area contributed by atoms with E-state index in [-0.39, 0.29) is 40.4 Å². The molecule has 168 valence electrons. The summed E-state index contributed by atoms with van der Waals surface area (Å²) >= 11 is 11.8. The van der Waals surface area contributed by atoms with Gasteiger partial charge in [0.25, 0.3) is 5.91 Å². The summed E-state index contributed by atoms with van der Waals surface area (Å²) < 4.78 is 44.0. The van der Waals surface area contributed by atoms with Gasteiger partial charge in [-0.1, -0.05) is 29.3 Å². The fourth-order valence-corrected chi connectivity index (χ4v) is 2.87. The van der Waals surface area contributed by atoms with E-state index in [9.17, 15) is 18.0 Å². The van der Waals surface area contributed by atoms with Gasteiger partial charge in [0.05, 0.1) is 10.6 Å². The molecule has 0 fully saturated rings. The molecule has 0 radical (unpaired) electrons. The number of nitrogens with two attached hydrogens (primary N) is 1. The maximum Gasteiger partial charge on any atom is 0.416 e. The minimum absolute atomic E-state index is 0.0207. The van der Waals surface area contributed by atoms with Gasteiger partial charge in [-0.05, 0) is 36.4 Å². The van der Waals surface area contributed by atoms with Crippen LogP contribution in [0, 0.1) is 0 Å². The van der Waals surface area contributed by atoms with Crippen molar-refractivity contribution in [1.29, 1.82) is 0 Å². The van der Waals surface area contributed by atoms with Crippen molar-refractivity contribution in [3.63, 3.8) is 0 Å². The van der Waals surface area contributed by atoms with E-state index >= 15 is 0 Å². The average molecular weight is 487 g/mol. The Bertz CT molecular complexity index is 1130. The van der Waals surface area contributed by atoms with Crippen LogP contribution in [0.1, 0.15) is 5.56 Å². The first-order valence-electron chi connectivity index (χ1n) is 8.81. The predicted octanol–water partition coefficient (Wildman–Crippen LogP) is 4.65. The SMILES string of the molecule is Nc1c(NNC(=O)COc2ccc(Cl)cc2Cl)ncnc1Nc1cccc(C(F)(F)F)c1. The molecule has 0 aliphatic carbocycles. The predicted molar refractivity (Wildman–Crippen MR) is 115 cm³/mol. The summed E-state index contributed by atoms with van der Waals surface area (Å²) in [6.45, 7) is -0.380. The molecular weight excluding hydrogens is 472 g/mol. The van der Waals surface area contributed by atoms with E-state index in [1.165, 1.54) is 24.3 Å². The lowest BCUT2D eigenvalue weighted by atomic mass is 10.2. The van der Waals surface area contributed by atoms with E-state index in [1.807, 2.05) is 0 Å². The quantitative estimate of drug-likeness (QED) is 0.359. The molecular formula is C19H15Cl2F3N6O2. The Morgan fingerprint density at radius 3 is 2.56 bits per heavy atom. The van der Waals surface area contributed by atoms with Crippen molar-refractivity contribution in [1.82, 2.24) is 15.4 Å². The smallest absolute Gasteiger partial charge is 0.416 e.